The Hall–Kier alpha value is -3.72. The zero-order valence-corrected chi connectivity index (χ0v) is 19.7. The van der Waals surface area contributed by atoms with Crippen molar-refractivity contribution in [2.45, 2.75) is 17.9 Å². The predicted octanol–water partition coefficient (Wildman–Crippen LogP) is 3.54. The second-order valence-electron chi connectivity index (χ2n) is 7.72. The molecule has 0 aliphatic carbocycles. The number of anilines is 1. The molecule has 0 fully saturated rings. The second kappa shape index (κ2) is 10.0. The highest BCUT2D eigenvalue weighted by molar-refractivity contribution is 7.92. The Morgan fingerprint density at radius 3 is 2.35 bits per heavy atom. The minimum atomic E-state index is -3.99. The van der Waals surface area contributed by atoms with Gasteiger partial charge in [0.15, 0.2) is 11.5 Å². The van der Waals surface area contributed by atoms with Crippen LogP contribution in [0, 0.1) is 0 Å². The molecule has 0 saturated heterocycles. The molecule has 9 heteroatoms. The molecule has 1 atom stereocenters. The highest BCUT2D eigenvalue weighted by Crippen LogP contribution is 2.32. The minimum Gasteiger partial charge on any atom is -0.497 e. The van der Waals surface area contributed by atoms with Gasteiger partial charge in [0.25, 0.3) is 10.0 Å². The molecule has 0 spiro atoms. The summed E-state index contributed by atoms with van der Waals surface area (Å²) in [6, 6.07) is 19.6. The van der Waals surface area contributed by atoms with E-state index in [2.05, 4.69) is 5.32 Å². The average molecular weight is 483 g/mol. The maximum absolute atomic E-state index is 13.4. The molecule has 1 amide bonds. The maximum atomic E-state index is 13.4. The van der Waals surface area contributed by atoms with Gasteiger partial charge >= 0.3 is 0 Å². The first-order valence-electron chi connectivity index (χ1n) is 10.8. The lowest BCUT2D eigenvalue weighted by molar-refractivity contribution is -0.120. The molecular formula is C25H26N2O6S. The van der Waals surface area contributed by atoms with Crippen molar-refractivity contribution in [2.24, 2.45) is 0 Å². The van der Waals surface area contributed by atoms with Crippen LogP contribution in [-0.4, -0.2) is 41.2 Å². The third-order valence-electron chi connectivity index (χ3n) is 5.42. The van der Waals surface area contributed by atoms with Gasteiger partial charge in [-0.05, 0) is 61.0 Å². The van der Waals surface area contributed by atoms with Crippen LogP contribution >= 0.6 is 0 Å². The third-order valence-corrected chi connectivity index (χ3v) is 7.21. The van der Waals surface area contributed by atoms with Crippen LogP contribution in [0.4, 0.5) is 5.69 Å². The number of fused-ring (bicyclic) bond motifs is 1. The van der Waals surface area contributed by atoms with E-state index in [-0.39, 0.29) is 10.9 Å². The molecule has 1 N–H and O–H groups in total. The van der Waals surface area contributed by atoms with Crippen molar-refractivity contribution >= 4 is 21.6 Å². The highest BCUT2D eigenvalue weighted by Gasteiger charge is 2.28. The van der Waals surface area contributed by atoms with E-state index in [1.54, 1.807) is 48.5 Å². The molecule has 4 rings (SSSR count). The smallest absolute Gasteiger partial charge is 0.264 e. The lowest BCUT2D eigenvalue weighted by Gasteiger charge is -2.25. The third kappa shape index (κ3) is 5.09. The Bertz CT molecular complexity index is 1250. The number of carbonyl (C=O) groups is 1. The zero-order valence-electron chi connectivity index (χ0n) is 18.9. The molecule has 8 nitrogen and oxygen atoms in total. The molecular weight excluding hydrogens is 456 g/mol. The van der Waals surface area contributed by atoms with Gasteiger partial charge in [0.1, 0.15) is 25.5 Å². The molecule has 1 aliphatic heterocycles. The highest BCUT2D eigenvalue weighted by atomic mass is 32.2. The van der Waals surface area contributed by atoms with Crippen LogP contribution in [-0.2, 0) is 14.8 Å². The quantitative estimate of drug-likeness (QED) is 0.528. The molecule has 0 radical (unpaired) electrons. The molecule has 0 unspecified atom stereocenters. The van der Waals surface area contributed by atoms with Gasteiger partial charge < -0.3 is 19.5 Å². The maximum Gasteiger partial charge on any atom is 0.264 e. The fraction of sp³-hybridized carbons (Fsp3) is 0.240. The van der Waals surface area contributed by atoms with Gasteiger partial charge in [-0.25, -0.2) is 8.42 Å². The molecule has 1 heterocycles. The molecule has 34 heavy (non-hydrogen) atoms. The number of benzene rings is 3. The average Bonchev–Trinajstić information content (AvgIpc) is 2.87. The normalized spacial score (nSPS) is 13.6. The van der Waals surface area contributed by atoms with Gasteiger partial charge in [-0.3, -0.25) is 9.10 Å². The van der Waals surface area contributed by atoms with Gasteiger partial charge in [0.2, 0.25) is 5.91 Å². The van der Waals surface area contributed by atoms with Crippen LogP contribution in [0.1, 0.15) is 18.5 Å². The topological polar surface area (TPSA) is 94.2 Å². The summed E-state index contributed by atoms with van der Waals surface area (Å²) in [4.78, 5) is 13.1. The number of carbonyl (C=O) groups excluding carboxylic acids is 1. The Morgan fingerprint density at radius 2 is 1.68 bits per heavy atom. The fourth-order valence-electron chi connectivity index (χ4n) is 3.61. The van der Waals surface area contributed by atoms with Crippen LogP contribution in [0.5, 0.6) is 17.2 Å². The predicted molar refractivity (Wildman–Crippen MR) is 128 cm³/mol. The van der Waals surface area contributed by atoms with Crippen molar-refractivity contribution in [3.63, 3.8) is 0 Å². The van der Waals surface area contributed by atoms with Crippen LogP contribution in [0.25, 0.3) is 0 Å². The summed E-state index contributed by atoms with van der Waals surface area (Å²) in [5.41, 5.74) is 1.17. The Morgan fingerprint density at radius 1 is 1.00 bits per heavy atom. The molecule has 0 bridgehead atoms. The minimum absolute atomic E-state index is 0.0958. The van der Waals surface area contributed by atoms with Crippen molar-refractivity contribution < 1.29 is 27.4 Å². The van der Waals surface area contributed by atoms with Crippen molar-refractivity contribution in [2.75, 3.05) is 31.2 Å². The molecule has 178 valence electrons. The number of ether oxygens (including phenoxy) is 3. The van der Waals surface area contributed by atoms with E-state index in [1.807, 2.05) is 19.1 Å². The first-order chi connectivity index (χ1) is 16.4. The van der Waals surface area contributed by atoms with E-state index < -0.39 is 22.5 Å². The summed E-state index contributed by atoms with van der Waals surface area (Å²) in [7, 11) is -2.46. The number of amides is 1. The van der Waals surface area contributed by atoms with Crippen LogP contribution in [0.3, 0.4) is 0 Å². The summed E-state index contributed by atoms with van der Waals surface area (Å²) in [5, 5.41) is 2.88. The van der Waals surface area contributed by atoms with E-state index in [9.17, 15) is 13.2 Å². The molecule has 3 aromatic carbocycles. The first-order valence-corrected chi connectivity index (χ1v) is 12.2. The number of sulfonamides is 1. The number of rotatable bonds is 8. The van der Waals surface area contributed by atoms with E-state index >= 15 is 0 Å². The lowest BCUT2D eigenvalue weighted by Crippen LogP contribution is -2.41. The number of methoxy groups -OCH3 is 1. The number of hydrogen-bond acceptors (Lipinski definition) is 6. The van der Waals surface area contributed by atoms with Crippen LogP contribution < -0.4 is 23.8 Å². The van der Waals surface area contributed by atoms with Crippen molar-refractivity contribution in [3.8, 4) is 17.2 Å². The van der Waals surface area contributed by atoms with E-state index in [0.717, 1.165) is 9.87 Å². The Labute approximate surface area is 199 Å². The number of hydrogen-bond donors (Lipinski definition) is 1. The van der Waals surface area contributed by atoms with E-state index in [0.29, 0.717) is 36.1 Å². The second-order valence-corrected chi connectivity index (χ2v) is 9.58. The Balaban J connectivity index is 1.56. The molecule has 0 saturated carbocycles. The fourth-order valence-corrected chi connectivity index (χ4v) is 5.06. The Kier molecular flexibility index (Phi) is 6.93. The zero-order chi connectivity index (χ0) is 24.1. The summed E-state index contributed by atoms with van der Waals surface area (Å²) in [6.45, 7) is 2.40. The van der Waals surface area contributed by atoms with Crippen LogP contribution in [0.2, 0.25) is 0 Å². The first kappa shape index (κ1) is 23.4. The number of nitrogens with one attached hydrogen (secondary N) is 1. The van der Waals surface area contributed by atoms with Gasteiger partial charge in [-0.15, -0.1) is 0 Å². The molecule has 1 aliphatic rings. The molecule has 3 aromatic rings. The summed E-state index contributed by atoms with van der Waals surface area (Å²) >= 11 is 0. The standard InChI is InChI=1S/C25H26N2O6S/c1-18(19-8-13-23-24(16-19)33-15-14-32-23)26-25(28)17-27(20-9-11-21(31-2)12-10-20)34(29,30)22-6-4-3-5-7-22/h3-13,16,18H,14-15,17H2,1-2H3,(H,26,28)/t18-/m1/s1. The SMILES string of the molecule is COc1ccc(N(CC(=O)N[C@H](C)c2ccc3c(c2)OCCO3)S(=O)(=O)c2ccccc2)cc1. The summed E-state index contributed by atoms with van der Waals surface area (Å²) < 4.78 is 44.3. The van der Waals surface area contributed by atoms with E-state index in [1.165, 1.54) is 19.2 Å². The molecule has 0 aromatic heterocycles. The van der Waals surface area contributed by atoms with Crippen LogP contribution in [0.15, 0.2) is 77.7 Å². The van der Waals surface area contributed by atoms with Crippen molar-refractivity contribution in [3.05, 3.63) is 78.4 Å². The summed E-state index contributed by atoms with van der Waals surface area (Å²) in [6.07, 6.45) is 0. The summed E-state index contributed by atoms with van der Waals surface area (Å²) in [5.74, 6) is 1.42. The van der Waals surface area contributed by atoms with Crippen molar-refractivity contribution in [1.82, 2.24) is 5.32 Å². The lowest BCUT2D eigenvalue weighted by atomic mass is 10.1. The monoisotopic (exact) mass is 482 g/mol. The van der Waals surface area contributed by atoms with E-state index in [4.69, 9.17) is 14.2 Å². The van der Waals surface area contributed by atoms with Gasteiger partial charge in [0.05, 0.1) is 23.7 Å². The largest absolute Gasteiger partial charge is 0.497 e. The van der Waals surface area contributed by atoms with Gasteiger partial charge in [-0.2, -0.15) is 0 Å². The van der Waals surface area contributed by atoms with Crippen molar-refractivity contribution in [1.29, 1.82) is 0 Å². The number of nitrogens with zero attached hydrogens (tertiary/aromatic N) is 1. The van der Waals surface area contributed by atoms with Gasteiger partial charge in [0, 0.05) is 0 Å². The van der Waals surface area contributed by atoms with Gasteiger partial charge in [-0.1, -0.05) is 24.3 Å².